The van der Waals surface area contributed by atoms with Crippen LogP contribution < -0.4 is 5.32 Å². The van der Waals surface area contributed by atoms with Gasteiger partial charge in [-0.15, -0.1) is 0 Å². The highest BCUT2D eigenvalue weighted by Gasteiger charge is 2.32. The number of carbonyl (C=O) groups is 1. The minimum Gasteiger partial charge on any atom is -0.342 e. The van der Waals surface area contributed by atoms with Crippen molar-refractivity contribution in [3.63, 3.8) is 0 Å². The van der Waals surface area contributed by atoms with Crippen molar-refractivity contribution >= 4 is 53.6 Å². The van der Waals surface area contributed by atoms with Gasteiger partial charge in [-0.1, -0.05) is 11.6 Å². The molecule has 0 saturated heterocycles. The molecule has 0 unspecified atom stereocenters. The van der Waals surface area contributed by atoms with E-state index in [1.165, 1.54) is 17.1 Å². The highest BCUT2D eigenvalue weighted by atomic mass is 127. The summed E-state index contributed by atoms with van der Waals surface area (Å²) in [6, 6.07) is 5.61. The summed E-state index contributed by atoms with van der Waals surface area (Å²) in [5.74, 6) is 0.155. The molecule has 0 aliphatic carbocycles. The molecule has 0 bridgehead atoms. The van der Waals surface area contributed by atoms with Gasteiger partial charge in [-0.25, -0.2) is 9.97 Å². The topological polar surface area (TPSA) is 72.7 Å². The van der Waals surface area contributed by atoms with Crippen molar-refractivity contribution in [2.45, 2.75) is 19.1 Å². The van der Waals surface area contributed by atoms with E-state index < -0.39 is 23.7 Å². The van der Waals surface area contributed by atoms with Gasteiger partial charge in [-0.05, 0) is 59.8 Å². The number of rotatable bonds is 4. The van der Waals surface area contributed by atoms with Crippen LogP contribution in [0.1, 0.15) is 34.7 Å². The minimum absolute atomic E-state index is 0. The zero-order chi connectivity index (χ0) is 20.5. The third-order valence-electron chi connectivity index (χ3n) is 3.73. The number of nitrogens with zero attached hydrogens (tertiary/aromatic N) is 4. The summed E-state index contributed by atoms with van der Waals surface area (Å²) in [5.41, 5.74) is -1.20. The van der Waals surface area contributed by atoms with Gasteiger partial charge in [0.1, 0.15) is 6.33 Å². The standard InChI is InChI=1S/C17H12ClF3IN5O.H2S/c1-9(15-24-8-25-27(15)14-3-2-13(22)7-23-14)26-16(28)10-4-11(17(19,20)21)6-12(18)5-10;/h2-9H,1H3,(H,26,28);1H2/t9-;/m0./s1. The van der Waals surface area contributed by atoms with Crippen molar-refractivity contribution in [1.82, 2.24) is 25.1 Å². The van der Waals surface area contributed by atoms with Gasteiger partial charge >= 0.3 is 6.18 Å². The van der Waals surface area contributed by atoms with Crippen LogP contribution in [0.15, 0.2) is 42.9 Å². The second-order valence-electron chi connectivity index (χ2n) is 5.79. The molecule has 154 valence electrons. The largest absolute Gasteiger partial charge is 0.416 e. The van der Waals surface area contributed by atoms with Crippen LogP contribution in [0.4, 0.5) is 13.2 Å². The van der Waals surface area contributed by atoms with E-state index in [0.29, 0.717) is 11.6 Å². The number of alkyl halides is 3. The van der Waals surface area contributed by atoms with Gasteiger partial charge in [0.15, 0.2) is 11.6 Å². The summed E-state index contributed by atoms with van der Waals surface area (Å²) in [6.07, 6.45) is -1.66. The Kier molecular flexibility index (Phi) is 7.51. The number of hydrogen-bond donors (Lipinski definition) is 1. The molecule has 3 aromatic rings. The summed E-state index contributed by atoms with van der Waals surface area (Å²) in [5, 5.41) is 6.52. The highest BCUT2D eigenvalue weighted by Crippen LogP contribution is 2.32. The summed E-state index contributed by atoms with van der Waals surface area (Å²) < 4.78 is 41.2. The number of aromatic nitrogens is 4. The van der Waals surface area contributed by atoms with E-state index in [9.17, 15) is 18.0 Å². The maximum Gasteiger partial charge on any atom is 0.416 e. The molecule has 1 N–H and O–H groups in total. The highest BCUT2D eigenvalue weighted by molar-refractivity contribution is 14.1. The van der Waals surface area contributed by atoms with Gasteiger partial charge in [-0.3, -0.25) is 4.79 Å². The fraction of sp³-hybridized carbons (Fsp3) is 0.176. The van der Waals surface area contributed by atoms with E-state index in [2.05, 4.69) is 43.0 Å². The van der Waals surface area contributed by atoms with Crippen LogP contribution in [-0.4, -0.2) is 25.7 Å². The lowest BCUT2D eigenvalue weighted by molar-refractivity contribution is -0.137. The Morgan fingerprint density at radius 1 is 1.24 bits per heavy atom. The monoisotopic (exact) mass is 555 g/mol. The molecule has 1 atom stereocenters. The number of carbonyl (C=O) groups excluding carboxylic acids is 1. The lowest BCUT2D eigenvalue weighted by atomic mass is 10.1. The van der Waals surface area contributed by atoms with Crippen molar-refractivity contribution in [2.75, 3.05) is 0 Å². The lowest BCUT2D eigenvalue weighted by Gasteiger charge is -2.15. The molecule has 1 aromatic carbocycles. The third-order valence-corrected chi connectivity index (χ3v) is 4.58. The van der Waals surface area contributed by atoms with E-state index in [4.69, 9.17) is 11.6 Å². The average Bonchev–Trinajstić information content (AvgIpc) is 3.11. The van der Waals surface area contributed by atoms with Gasteiger partial charge in [0, 0.05) is 20.4 Å². The van der Waals surface area contributed by atoms with E-state index in [1.54, 1.807) is 19.2 Å². The fourth-order valence-electron chi connectivity index (χ4n) is 2.44. The number of nitrogens with one attached hydrogen (secondary N) is 1. The molecule has 2 heterocycles. The van der Waals surface area contributed by atoms with Crippen LogP contribution in [0.5, 0.6) is 0 Å². The molecule has 12 heteroatoms. The molecular formula is C17H14ClF3IN5OS. The summed E-state index contributed by atoms with van der Waals surface area (Å²) in [6.45, 7) is 1.64. The number of halogens is 5. The second-order valence-corrected chi connectivity index (χ2v) is 7.47. The SMILES string of the molecule is C[C@H](NC(=O)c1cc(Cl)cc(C(F)(F)F)c1)c1ncnn1-c1ccc(I)cn1.S. The molecule has 2 aromatic heterocycles. The van der Waals surface area contributed by atoms with Crippen molar-refractivity contribution in [1.29, 1.82) is 0 Å². The Morgan fingerprint density at radius 3 is 2.59 bits per heavy atom. The Morgan fingerprint density at radius 2 is 1.97 bits per heavy atom. The molecule has 0 aliphatic heterocycles. The normalized spacial score (nSPS) is 12.2. The van der Waals surface area contributed by atoms with Crippen molar-refractivity contribution in [3.05, 3.63) is 68.4 Å². The molecule has 6 nitrogen and oxygen atoms in total. The summed E-state index contributed by atoms with van der Waals surface area (Å²) in [7, 11) is 0. The van der Waals surface area contributed by atoms with Crippen molar-refractivity contribution in [3.8, 4) is 5.82 Å². The van der Waals surface area contributed by atoms with E-state index >= 15 is 0 Å². The molecule has 3 rings (SSSR count). The first-order valence-electron chi connectivity index (χ1n) is 7.85. The summed E-state index contributed by atoms with van der Waals surface area (Å²) in [4.78, 5) is 20.8. The van der Waals surface area contributed by atoms with Crippen LogP contribution in [0.2, 0.25) is 5.02 Å². The van der Waals surface area contributed by atoms with Gasteiger partial charge in [0.25, 0.3) is 5.91 Å². The second kappa shape index (κ2) is 9.30. The molecule has 0 radical (unpaired) electrons. The molecule has 1 amide bonds. The number of pyridine rings is 1. The predicted octanol–water partition coefficient (Wildman–Crippen LogP) is 4.54. The minimum atomic E-state index is -4.61. The van der Waals surface area contributed by atoms with Crippen LogP contribution in [-0.2, 0) is 6.18 Å². The quantitative estimate of drug-likeness (QED) is 0.480. The first-order chi connectivity index (χ1) is 13.1. The third kappa shape index (κ3) is 5.60. The number of benzene rings is 1. The van der Waals surface area contributed by atoms with E-state index in [-0.39, 0.29) is 24.1 Å². The molecule has 0 aliphatic rings. The van der Waals surface area contributed by atoms with Crippen LogP contribution in [0.25, 0.3) is 5.82 Å². The zero-order valence-electron chi connectivity index (χ0n) is 14.7. The average molecular weight is 556 g/mol. The van der Waals surface area contributed by atoms with Crippen molar-refractivity contribution in [2.24, 2.45) is 0 Å². The zero-order valence-corrected chi connectivity index (χ0v) is 18.6. The Labute approximate surface area is 189 Å². The molecular weight excluding hydrogens is 542 g/mol. The Hall–Kier alpha value is -1.86. The number of hydrogen-bond acceptors (Lipinski definition) is 4. The predicted molar refractivity (Wildman–Crippen MR) is 115 cm³/mol. The maximum absolute atomic E-state index is 12.9. The van der Waals surface area contributed by atoms with Crippen LogP contribution in [0.3, 0.4) is 0 Å². The molecule has 0 saturated carbocycles. The lowest BCUT2D eigenvalue weighted by Crippen LogP contribution is -2.29. The smallest absolute Gasteiger partial charge is 0.342 e. The Bertz CT molecular complexity index is 1010. The maximum atomic E-state index is 12.9. The van der Waals surface area contributed by atoms with Gasteiger partial charge in [-0.2, -0.15) is 36.4 Å². The fourth-order valence-corrected chi connectivity index (χ4v) is 3.00. The molecule has 29 heavy (non-hydrogen) atoms. The number of amides is 1. The first kappa shape index (κ1) is 23.4. The van der Waals surface area contributed by atoms with Gasteiger partial charge < -0.3 is 5.32 Å². The van der Waals surface area contributed by atoms with Crippen LogP contribution in [0, 0.1) is 3.57 Å². The molecule has 0 spiro atoms. The van der Waals surface area contributed by atoms with E-state index in [1.807, 2.05) is 6.07 Å². The van der Waals surface area contributed by atoms with E-state index in [0.717, 1.165) is 15.7 Å². The first-order valence-corrected chi connectivity index (χ1v) is 9.31. The Balaban J connectivity index is 0.00000300. The van der Waals surface area contributed by atoms with Crippen molar-refractivity contribution < 1.29 is 18.0 Å². The van der Waals surface area contributed by atoms with Gasteiger partial charge in [0.05, 0.1) is 11.6 Å². The van der Waals surface area contributed by atoms with Gasteiger partial charge in [0.2, 0.25) is 0 Å². The summed E-state index contributed by atoms with van der Waals surface area (Å²) >= 11 is 7.85. The molecule has 0 fully saturated rings. The van der Waals surface area contributed by atoms with Crippen LogP contribution >= 0.6 is 47.7 Å².